The summed E-state index contributed by atoms with van der Waals surface area (Å²) in [6.45, 7) is 0. The van der Waals surface area contributed by atoms with Crippen LogP contribution in [0.5, 0.6) is 0 Å². The number of fused-ring (bicyclic) bond motifs is 6. The number of nitrogens with zero attached hydrogens (tertiary/aromatic N) is 2. The van der Waals surface area contributed by atoms with Crippen LogP contribution in [-0.2, 0) is 0 Å². The van der Waals surface area contributed by atoms with Gasteiger partial charge in [0, 0.05) is 22.0 Å². The van der Waals surface area contributed by atoms with Crippen LogP contribution in [-0.4, -0.2) is 9.55 Å². The van der Waals surface area contributed by atoms with Crippen molar-refractivity contribution in [3.05, 3.63) is 170 Å². The van der Waals surface area contributed by atoms with Crippen molar-refractivity contribution in [2.75, 3.05) is 0 Å². The molecule has 0 saturated heterocycles. The first-order valence-corrected chi connectivity index (χ1v) is 15.9. The third-order valence-corrected chi connectivity index (χ3v) is 9.31. The summed E-state index contributed by atoms with van der Waals surface area (Å²) in [5, 5.41) is 6.41. The predicted octanol–water partition coefficient (Wildman–Crippen LogP) is 12.2. The molecule has 2 aromatic heterocycles. The second-order valence-corrected chi connectivity index (χ2v) is 11.9. The maximum Gasteiger partial charge on any atom is 0.146 e. The summed E-state index contributed by atoms with van der Waals surface area (Å²) in [5.74, 6) is 0.481. The fourth-order valence-electron chi connectivity index (χ4n) is 7.30. The Balaban J connectivity index is 1.29. The Morgan fingerprint density at radius 3 is 1.83 bits per heavy atom. The van der Waals surface area contributed by atoms with Crippen molar-refractivity contribution < 1.29 is 11.3 Å². The molecule has 0 aliphatic heterocycles. The Hall–Kier alpha value is -6.45. The molecule has 0 fully saturated rings. The van der Waals surface area contributed by atoms with Crippen LogP contribution in [0, 0.1) is 0 Å². The molecule has 0 spiro atoms. The molecule has 3 heteroatoms. The van der Waals surface area contributed by atoms with E-state index in [1.54, 1.807) is 4.57 Å². The van der Waals surface area contributed by atoms with Crippen LogP contribution in [0.25, 0.3) is 93.8 Å². The number of imidazole rings is 1. The molecule has 48 heavy (non-hydrogen) atoms. The zero-order valence-corrected chi connectivity index (χ0v) is 25.6. The van der Waals surface area contributed by atoms with Gasteiger partial charge >= 0.3 is 0 Å². The Kier molecular flexibility index (Phi) is 4.86. The van der Waals surface area contributed by atoms with Gasteiger partial charge in [0.15, 0.2) is 0 Å². The molecule has 0 atom stereocenters. The van der Waals surface area contributed by atoms with E-state index in [1.165, 1.54) is 0 Å². The minimum absolute atomic E-state index is 0.0572. The van der Waals surface area contributed by atoms with Crippen LogP contribution in [0.4, 0.5) is 0 Å². The van der Waals surface area contributed by atoms with Crippen LogP contribution >= 0.6 is 0 Å². The van der Waals surface area contributed by atoms with Gasteiger partial charge < -0.3 is 4.42 Å². The highest BCUT2D eigenvalue weighted by Crippen LogP contribution is 2.47. The zero-order chi connectivity index (χ0) is 36.0. The number of benzene rings is 8. The van der Waals surface area contributed by atoms with E-state index in [9.17, 15) is 0 Å². The van der Waals surface area contributed by atoms with Crippen LogP contribution in [0.3, 0.4) is 0 Å². The molecule has 2 heterocycles. The molecule has 10 rings (SSSR count). The van der Waals surface area contributed by atoms with E-state index >= 15 is 0 Å². The van der Waals surface area contributed by atoms with Gasteiger partial charge in [-0.2, -0.15) is 0 Å². The SMILES string of the molecule is [2H]c1c([2H])c([2H])c(-n2c(-c3ccccc3-c3c4ccccc4c(-c4ccc5oc6ccccc6c5c4)c4ccccc34)nc3ccccc32)c([2H])c1[2H]. The average molecular weight is 618 g/mol. The minimum Gasteiger partial charge on any atom is -0.456 e. The Morgan fingerprint density at radius 2 is 1.08 bits per heavy atom. The minimum atomic E-state index is -0.437. The van der Waals surface area contributed by atoms with Gasteiger partial charge in [0.25, 0.3) is 0 Å². The predicted molar refractivity (Wildman–Crippen MR) is 200 cm³/mol. The van der Waals surface area contributed by atoms with Crippen molar-refractivity contribution in [3.63, 3.8) is 0 Å². The first-order valence-electron chi connectivity index (χ1n) is 18.4. The number of rotatable bonds is 4. The highest BCUT2D eigenvalue weighted by Gasteiger charge is 2.22. The highest BCUT2D eigenvalue weighted by molar-refractivity contribution is 6.23. The molecule has 0 saturated carbocycles. The molecule has 0 N–H and O–H groups in total. The smallest absolute Gasteiger partial charge is 0.146 e. The van der Waals surface area contributed by atoms with E-state index < -0.39 is 18.1 Å². The first kappa shape index (κ1) is 22.1. The van der Waals surface area contributed by atoms with E-state index in [4.69, 9.17) is 16.3 Å². The lowest BCUT2D eigenvalue weighted by molar-refractivity contribution is 0.669. The topological polar surface area (TPSA) is 31.0 Å². The molecular formula is C45H28N2O. The number of hydrogen-bond acceptors (Lipinski definition) is 2. The number of hydrogen-bond donors (Lipinski definition) is 0. The zero-order valence-electron chi connectivity index (χ0n) is 30.6. The van der Waals surface area contributed by atoms with E-state index in [1.807, 2.05) is 60.7 Å². The maximum absolute atomic E-state index is 8.94. The summed E-state index contributed by atoms with van der Waals surface area (Å²) in [5.41, 5.74) is 7.95. The highest BCUT2D eigenvalue weighted by atomic mass is 16.3. The third-order valence-electron chi connectivity index (χ3n) is 9.31. The molecule has 3 nitrogen and oxygen atoms in total. The molecule has 0 amide bonds. The Labute approximate surface area is 284 Å². The largest absolute Gasteiger partial charge is 0.456 e. The van der Waals surface area contributed by atoms with Crippen molar-refractivity contribution in [1.29, 1.82) is 0 Å². The maximum atomic E-state index is 8.94. The summed E-state index contributed by atoms with van der Waals surface area (Å²) in [4.78, 5) is 5.10. The first-order chi connectivity index (χ1) is 25.9. The van der Waals surface area contributed by atoms with Gasteiger partial charge in [-0.3, -0.25) is 4.57 Å². The Bertz CT molecular complexity index is 3060. The molecule has 8 aromatic carbocycles. The van der Waals surface area contributed by atoms with Gasteiger partial charge in [-0.25, -0.2) is 4.98 Å². The lowest BCUT2D eigenvalue weighted by atomic mass is 9.84. The third kappa shape index (κ3) is 3.98. The number of aromatic nitrogens is 2. The van der Waals surface area contributed by atoms with Crippen molar-refractivity contribution >= 4 is 54.5 Å². The lowest BCUT2D eigenvalue weighted by Gasteiger charge is -2.20. The van der Waals surface area contributed by atoms with Crippen molar-refractivity contribution in [1.82, 2.24) is 9.55 Å². The summed E-state index contributed by atoms with van der Waals surface area (Å²) in [7, 11) is 0. The average Bonchev–Trinajstić information content (AvgIpc) is 3.77. The second-order valence-electron chi connectivity index (χ2n) is 11.9. The van der Waals surface area contributed by atoms with Crippen LogP contribution in [0.15, 0.2) is 174 Å². The van der Waals surface area contributed by atoms with Gasteiger partial charge in [-0.15, -0.1) is 0 Å². The summed E-state index contributed by atoms with van der Waals surface area (Å²) in [6, 6.07) is 45.2. The fraction of sp³-hybridized carbons (Fsp3) is 0. The standard InChI is InChI=1S/C45H28N2O/c1-2-14-30(15-3-1)47-40-24-12-11-23-39(40)46-45(47)37-22-9-8-21-36(37)44-34-19-6-4-17-32(34)43(33-18-5-7-20-35(33)44)29-26-27-42-38(28-29)31-16-10-13-25-41(31)48-42/h1-28H/i1D,2D,3D,14D,15D. The molecule has 10 aromatic rings. The van der Waals surface area contributed by atoms with Gasteiger partial charge in [-0.1, -0.05) is 127 Å². The summed E-state index contributed by atoms with van der Waals surface area (Å²) >= 11 is 0. The lowest BCUT2D eigenvalue weighted by Crippen LogP contribution is -1.99. The Morgan fingerprint density at radius 1 is 0.500 bits per heavy atom. The summed E-state index contributed by atoms with van der Waals surface area (Å²) < 4.78 is 51.0. The van der Waals surface area contributed by atoms with Crippen molar-refractivity contribution in [2.45, 2.75) is 0 Å². The normalized spacial score (nSPS) is 13.2. The molecule has 0 unspecified atom stereocenters. The summed E-state index contributed by atoms with van der Waals surface area (Å²) in [6.07, 6.45) is 0. The molecular weight excluding hydrogens is 585 g/mol. The number of para-hydroxylation sites is 4. The van der Waals surface area contributed by atoms with Crippen LogP contribution in [0.2, 0.25) is 0 Å². The van der Waals surface area contributed by atoms with Crippen molar-refractivity contribution in [2.24, 2.45) is 0 Å². The van der Waals surface area contributed by atoms with Gasteiger partial charge in [-0.05, 0) is 86.2 Å². The quantitative estimate of drug-likeness (QED) is 0.184. The van der Waals surface area contributed by atoms with Crippen molar-refractivity contribution in [3.8, 4) is 39.3 Å². The fourth-order valence-corrected chi connectivity index (χ4v) is 7.30. The van der Waals surface area contributed by atoms with Crippen LogP contribution < -0.4 is 0 Å². The van der Waals surface area contributed by atoms with E-state index in [2.05, 4.69) is 78.9 Å². The second kappa shape index (κ2) is 10.5. The molecule has 0 bridgehead atoms. The molecule has 224 valence electrons. The van der Waals surface area contributed by atoms with E-state index in [0.29, 0.717) is 16.9 Å². The monoisotopic (exact) mass is 617 g/mol. The van der Waals surface area contributed by atoms with Gasteiger partial charge in [0.1, 0.15) is 17.0 Å². The van der Waals surface area contributed by atoms with E-state index in [0.717, 1.165) is 71.3 Å². The van der Waals surface area contributed by atoms with E-state index in [-0.39, 0.29) is 17.8 Å². The van der Waals surface area contributed by atoms with Crippen LogP contribution in [0.1, 0.15) is 6.85 Å². The van der Waals surface area contributed by atoms with Gasteiger partial charge in [0.05, 0.1) is 17.9 Å². The molecule has 0 aliphatic carbocycles. The number of furan rings is 1. The molecule has 0 aliphatic rings. The molecule has 0 radical (unpaired) electrons. The van der Waals surface area contributed by atoms with Gasteiger partial charge in [0.2, 0.25) is 0 Å².